The zero-order valence-corrected chi connectivity index (χ0v) is 23.4. The standard InChI is InChI=1S/C30H35N5O5/c1-5-9-25-32-27(30(3,4)38)26(28(36)39-6-2)35(25)17-19-12-15-23-21(16-19)14-13-20-10-7-8-11-22(20)34(23)18-24-31-29(37)40-33-24/h7-8,10-12,15-16,38H,5-6,9,13-14,17-18H2,1-4H3,(H,31,33,37). The van der Waals surface area contributed by atoms with E-state index < -0.39 is 17.3 Å². The van der Waals surface area contributed by atoms with Gasteiger partial charge in [-0.1, -0.05) is 42.4 Å². The third-order valence-electron chi connectivity index (χ3n) is 7.08. The third kappa shape index (κ3) is 5.44. The van der Waals surface area contributed by atoms with Crippen molar-refractivity contribution in [1.29, 1.82) is 0 Å². The molecule has 40 heavy (non-hydrogen) atoms. The van der Waals surface area contributed by atoms with Crippen LogP contribution in [0.2, 0.25) is 0 Å². The molecule has 0 aliphatic carbocycles. The number of aromatic nitrogens is 4. The molecule has 0 unspecified atom stereocenters. The second-order valence-electron chi connectivity index (χ2n) is 10.6. The van der Waals surface area contributed by atoms with Gasteiger partial charge in [-0.05, 0) is 68.9 Å². The fourth-order valence-corrected chi connectivity index (χ4v) is 5.33. The maximum absolute atomic E-state index is 13.1. The average molecular weight is 546 g/mol. The van der Waals surface area contributed by atoms with Gasteiger partial charge in [0.1, 0.15) is 17.1 Å². The summed E-state index contributed by atoms with van der Waals surface area (Å²) < 4.78 is 12.0. The lowest BCUT2D eigenvalue weighted by molar-refractivity contribution is 0.0469. The molecule has 3 heterocycles. The van der Waals surface area contributed by atoms with Gasteiger partial charge in [-0.25, -0.2) is 14.6 Å². The number of ether oxygens (including phenoxy) is 1. The van der Waals surface area contributed by atoms with Gasteiger partial charge < -0.3 is 19.3 Å². The zero-order valence-electron chi connectivity index (χ0n) is 23.4. The Bertz CT molecular complexity index is 1580. The van der Waals surface area contributed by atoms with Gasteiger partial charge in [0.15, 0.2) is 11.5 Å². The minimum atomic E-state index is -1.31. The van der Waals surface area contributed by atoms with Gasteiger partial charge in [0, 0.05) is 24.3 Å². The second-order valence-corrected chi connectivity index (χ2v) is 10.6. The van der Waals surface area contributed by atoms with Gasteiger partial charge in [-0.2, -0.15) is 0 Å². The molecule has 4 aromatic rings. The molecular weight excluding hydrogens is 510 g/mol. The maximum Gasteiger partial charge on any atom is 0.438 e. The van der Waals surface area contributed by atoms with Crippen LogP contribution in [0.4, 0.5) is 11.4 Å². The van der Waals surface area contributed by atoms with Crippen LogP contribution in [0.3, 0.4) is 0 Å². The number of carbonyl (C=O) groups is 1. The van der Waals surface area contributed by atoms with Crippen molar-refractivity contribution in [3.63, 3.8) is 0 Å². The molecule has 2 aromatic heterocycles. The van der Waals surface area contributed by atoms with E-state index in [2.05, 4.69) is 46.2 Å². The van der Waals surface area contributed by atoms with Crippen molar-refractivity contribution in [3.05, 3.63) is 92.7 Å². The summed E-state index contributed by atoms with van der Waals surface area (Å²) in [4.78, 5) is 34.3. The SMILES string of the molecule is CCCc1nc(C(C)(C)O)c(C(=O)OCC)n1Cc1ccc2c(c1)CCc1ccccc1N2Cc1noc(=O)[nH]1. The Kier molecular flexibility index (Phi) is 7.62. The topological polar surface area (TPSA) is 126 Å². The van der Waals surface area contributed by atoms with Gasteiger partial charge in [0.2, 0.25) is 0 Å². The lowest BCUT2D eigenvalue weighted by Crippen LogP contribution is -2.23. The monoisotopic (exact) mass is 545 g/mol. The van der Waals surface area contributed by atoms with Crippen molar-refractivity contribution in [1.82, 2.24) is 19.7 Å². The van der Waals surface area contributed by atoms with E-state index in [1.807, 2.05) is 22.8 Å². The molecule has 0 saturated carbocycles. The van der Waals surface area contributed by atoms with Crippen LogP contribution in [0.25, 0.3) is 0 Å². The number of aryl methyl sites for hydroxylation is 3. The molecule has 0 fully saturated rings. The first-order chi connectivity index (χ1) is 19.2. The number of aliphatic hydroxyl groups is 1. The number of H-pyrrole nitrogens is 1. The van der Waals surface area contributed by atoms with Crippen molar-refractivity contribution in [2.75, 3.05) is 11.5 Å². The molecule has 1 aliphatic heterocycles. The van der Waals surface area contributed by atoms with Crippen LogP contribution in [0.15, 0.2) is 51.8 Å². The zero-order chi connectivity index (χ0) is 28.4. The molecule has 0 saturated heterocycles. The van der Waals surface area contributed by atoms with Crippen LogP contribution in [0, 0.1) is 0 Å². The van der Waals surface area contributed by atoms with E-state index in [9.17, 15) is 14.7 Å². The summed E-state index contributed by atoms with van der Waals surface area (Å²) in [6, 6.07) is 14.5. The normalized spacial score (nSPS) is 13.1. The van der Waals surface area contributed by atoms with E-state index in [0.717, 1.165) is 47.6 Å². The first-order valence-corrected chi connectivity index (χ1v) is 13.7. The summed E-state index contributed by atoms with van der Waals surface area (Å²) in [6.45, 7) is 8.07. The highest BCUT2D eigenvalue weighted by Gasteiger charge is 2.32. The molecule has 0 radical (unpaired) electrons. The number of hydrogen-bond acceptors (Lipinski definition) is 8. The Morgan fingerprint density at radius 3 is 2.55 bits per heavy atom. The average Bonchev–Trinajstić information content (AvgIpc) is 3.45. The van der Waals surface area contributed by atoms with Crippen LogP contribution in [-0.4, -0.2) is 37.4 Å². The van der Waals surface area contributed by atoms with Crippen molar-refractivity contribution < 1.29 is 19.2 Å². The van der Waals surface area contributed by atoms with E-state index >= 15 is 0 Å². The summed E-state index contributed by atoms with van der Waals surface area (Å²) in [5.41, 5.74) is 4.71. The summed E-state index contributed by atoms with van der Waals surface area (Å²) in [5, 5.41) is 14.8. The van der Waals surface area contributed by atoms with Gasteiger partial charge in [-0.15, -0.1) is 0 Å². The van der Waals surface area contributed by atoms with Crippen molar-refractivity contribution in [2.24, 2.45) is 0 Å². The number of esters is 1. The molecule has 2 aromatic carbocycles. The third-order valence-corrected chi connectivity index (χ3v) is 7.08. The highest BCUT2D eigenvalue weighted by atomic mass is 16.5. The van der Waals surface area contributed by atoms with E-state index in [0.29, 0.717) is 31.0 Å². The number of aromatic amines is 1. The Balaban J connectivity index is 1.57. The number of nitrogens with zero attached hydrogens (tertiary/aromatic N) is 4. The number of nitrogens with one attached hydrogen (secondary N) is 1. The van der Waals surface area contributed by atoms with Crippen LogP contribution in [0.5, 0.6) is 0 Å². The molecule has 10 heteroatoms. The highest BCUT2D eigenvalue weighted by molar-refractivity contribution is 5.89. The number of anilines is 2. The number of imidazole rings is 1. The van der Waals surface area contributed by atoms with Crippen molar-refractivity contribution >= 4 is 17.3 Å². The number of benzene rings is 2. The van der Waals surface area contributed by atoms with E-state index in [1.165, 1.54) is 5.56 Å². The van der Waals surface area contributed by atoms with Gasteiger partial charge in [-0.3, -0.25) is 9.51 Å². The van der Waals surface area contributed by atoms with Gasteiger partial charge in [0.25, 0.3) is 0 Å². The number of carbonyl (C=O) groups excluding carboxylic acids is 1. The number of hydrogen-bond donors (Lipinski definition) is 2. The van der Waals surface area contributed by atoms with Crippen molar-refractivity contribution in [2.45, 2.75) is 72.1 Å². The summed E-state index contributed by atoms with van der Waals surface area (Å²) in [7, 11) is 0. The Morgan fingerprint density at radius 1 is 1.10 bits per heavy atom. The molecule has 0 bridgehead atoms. The maximum atomic E-state index is 13.1. The largest absolute Gasteiger partial charge is 0.461 e. The van der Waals surface area contributed by atoms with Gasteiger partial charge in [0.05, 0.1) is 13.2 Å². The second kappa shape index (κ2) is 11.1. The van der Waals surface area contributed by atoms with Crippen LogP contribution >= 0.6 is 0 Å². The molecule has 5 rings (SSSR count). The van der Waals surface area contributed by atoms with Gasteiger partial charge >= 0.3 is 11.7 Å². The smallest absolute Gasteiger partial charge is 0.438 e. The summed E-state index contributed by atoms with van der Waals surface area (Å²) in [6.07, 6.45) is 3.16. The first kappa shape index (κ1) is 27.4. The lowest BCUT2D eigenvalue weighted by Gasteiger charge is -2.26. The van der Waals surface area contributed by atoms with Crippen molar-refractivity contribution in [3.8, 4) is 0 Å². The first-order valence-electron chi connectivity index (χ1n) is 13.7. The van der Waals surface area contributed by atoms with E-state index in [-0.39, 0.29) is 12.3 Å². The molecule has 10 nitrogen and oxygen atoms in total. The summed E-state index contributed by atoms with van der Waals surface area (Å²) >= 11 is 0. The Morgan fingerprint density at radius 2 is 1.85 bits per heavy atom. The molecule has 0 spiro atoms. The van der Waals surface area contributed by atoms with E-state index in [4.69, 9.17) is 14.2 Å². The predicted octanol–water partition coefficient (Wildman–Crippen LogP) is 4.40. The quantitative estimate of drug-likeness (QED) is 0.296. The minimum absolute atomic E-state index is 0.227. The molecule has 1 aliphatic rings. The summed E-state index contributed by atoms with van der Waals surface area (Å²) in [5.74, 6) is 0.103. The van der Waals surface area contributed by atoms with Crippen LogP contribution < -0.4 is 10.7 Å². The van der Waals surface area contributed by atoms with E-state index in [1.54, 1.807) is 20.8 Å². The highest BCUT2D eigenvalue weighted by Crippen LogP contribution is 2.37. The fraction of sp³-hybridized carbons (Fsp3) is 0.400. The molecule has 2 N–H and O–H groups in total. The fourth-order valence-electron chi connectivity index (χ4n) is 5.33. The molecule has 210 valence electrons. The minimum Gasteiger partial charge on any atom is -0.461 e. The van der Waals surface area contributed by atoms with Crippen LogP contribution in [0.1, 0.15) is 78.6 Å². The number of fused-ring (bicyclic) bond motifs is 2. The number of rotatable bonds is 9. The Hall–Kier alpha value is -4.18. The number of para-hydroxylation sites is 1. The van der Waals surface area contributed by atoms with Crippen LogP contribution in [-0.2, 0) is 42.7 Å². The Labute approximate surface area is 232 Å². The predicted molar refractivity (Wildman–Crippen MR) is 150 cm³/mol. The molecule has 0 atom stereocenters. The molecule has 0 amide bonds. The lowest BCUT2D eigenvalue weighted by atomic mass is 10.0. The molecular formula is C30H35N5O5.